The van der Waals surface area contributed by atoms with Gasteiger partial charge in [0.05, 0.1) is 0 Å². The number of nitrogens with one attached hydrogen (secondary N) is 1. The molecule has 0 bridgehead atoms. The Labute approximate surface area is 93.8 Å². The smallest absolute Gasteiger partial charge is 0.0110 e. The fourth-order valence-electron chi connectivity index (χ4n) is 2.05. The summed E-state index contributed by atoms with van der Waals surface area (Å²) in [4.78, 5) is 5.00. The Morgan fingerprint density at radius 2 is 1.60 bits per heavy atom. The highest BCUT2D eigenvalue weighted by Gasteiger charge is 2.10. The van der Waals surface area contributed by atoms with Crippen LogP contribution in [0.25, 0.3) is 0 Å². The third-order valence-corrected chi connectivity index (χ3v) is 2.93. The average molecular weight is 214 g/mol. The Kier molecular flexibility index (Phi) is 6.92. The molecule has 15 heavy (non-hydrogen) atoms. The zero-order valence-corrected chi connectivity index (χ0v) is 10.0. The van der Waals surface area contributed by atoms with Gasteiger partial charge in [0.2, 0.25) is 0 Å². The fourth-order valence-corrected chi connectivity index (χ4v) is 2.05. The van der Waals surface area contributed by atoms with Gasteiger partial charge in [-0.1, -0.05) is 6.92 Å². The van der Waals surface area contributed by atoms with Crippen molar-refractivity contribution in [1.29, 1.82) is 0 Å². The maximum Gasteiger partial charge on any atom is 0.0110 e. The van der Waals surface area contributed by atoms with E-state index in [0.717, 1.165) is 32.7 Å². The summed E-state index contributed by atoms with van der Waals surface area (Å²) in [7, 11) is 0. The van der Waals surface area contributed by atoms with Crippen molar-refractivity contribution in [3.63, 3.8) is 0 Å². The van der Waals surface area contributed by atoms with E-state index in [4.69, 9.17) is 5.73 Å². The zero-order valence-electron chi connectivity index (χ0n) is 10.0. The SMILES string of the molecule is CCCN1CCNCCN(CCN)CC1. The number of hydrogen-bond acceptors (Lipinski definition) is 4. The molecule has 0 aromatic heterocycles. The topological polar surface area (TPSA) is 44.5 Å². The minimum Gasteiger partial charge on any atom is -0.329 e. The number of nitrogens with two attached hydrogens (primary N) is 1. The van der Waals surface area contributed by atoms with Crippen LogP contribution in [0.15, 0.2) is 0 Å². The van der Waals surface area contributed by atoms with Gasteiger partial charge in [0.1, 0.15) is 0 Å². The van der Waals surface area contributed by atoms with Crippen LogP contribution in [0.1, 0.15) is 13.3 Å². The first-order chi connectivity index (χ1) is 7.36. The van der Waals surface area contributed by atoms with Gasteiger partial charge in [-0.3, -0.25) is 4.90 Å². The normalized spacial score (nSPS) is 22.0. The van der Waals surface area contributed by atoms with E-state index in [9.17, 15) is 0 Å². The highest BCUT2D eigenvalue weighted by atomic mass is 15.2. The van der Waals surface area contributed by atoms with Crippen molar-refractivity contribution in [3.8, 4) is 0 Å². The third-order valence-electron chi connectivity index (χ3n) is 2.93. The summed E-state index contributed by atoms with van der Waals surface area (Å²) in [6.45, 7) is 12.2. The molecule has 1 aliphatic heterocycles. The molecule has 4 heteroatoms. The van der Waals surface area contributed by atoms with Crippen LogP contribution in [0.4, 0.5) is 0 Å². The van der Waals surface area contributed by atoms with Crippen LogP contribution in [0.5, 0.6) is 0 Å². The van der Waals surface area contributed by atoms with Crippen LogP contribution in [0.2, 0.25) is 0 Å². The monoisotopic (exact) mass is 214 g/mol. The first kappa shape index (κ1) is 12.9. The molecule has 90 valence electrons. The predicted octanol–water partition coefficient (Wildman–Crippen LogP) is -0.438. The minimum atomic E-state index is 0.772. The summed E-state index contributed by atoms with van der Waals surface area (Å²) >= 11 is 0. The Morgan fingerprint density at radius 1 is 1.00 bits per heavy atom. The third kappa shape index (κ3) is 5.47. The van der Waals surface area contributed by atoms with Gasteiger partial charge in [-0.2, -0.15) is 0 Å². The quantitative estimate of drug-likeness (QED) is 0.666. The van der Waals surface area contributed by atoms with Gasteiger partial charge in [-0.05, 0) is 13.0 Å². The molecule has 0 atom stereocenters. The first-order valence-electron chi connectivity index (χ1n) is 6.22. The van der Waals surface area contributed by atoms with Crippen LogP contribution in [-0.4, -0.2) is 68.7 Å². The Balaban J connectivity index is 2.33. The van der Waals surface area contributed by atoms with E-state index in [1.165, 1.54) is 32.6 Å². The molecule has 0 aliphatic carbocycles. The fraction of sp³-hybridized carbons (Fsp3) is 1.00. The molecule has 0 aromatic rings. The van der Waals surface area contributed by atoms with Crippen molar-refractivity contribution in [1.82, 2.24) is 15.1 Å². The number of rotatable bonds is 4. The lowest BCUT2D eigenvalue weighted by atomic mass is 10.3. The predicted molar refractivity (Wildman–Crippen MR) is 65.1 cm³/mol. The minimum absolute atomic E-state index is 0.772. The highest BCUT2D eigenvalue weighted by molar-refractivity contribution is 4.68. The first-order valence-corrected chi connectivity index (χ1v) is 6.22. The molecule has 0 aromatic carbocycles. The van der Waals surface area contributed by atoms with Gasteiger partial charge in [-0.25, -0.2) is 0 Å². The average Bonchev–Trinajstić information content (AvgIpc) is 2.33. The van der Waals surface area contributed by atoms with Crippen molar-refractivity contribution in [2.24, 2.45) is 5.73 Å². The molecule has 3 N–H and O–H groups in total. The summed E-state index contributed by atoms with van der Waals surface area (Å²) in [5, 5.41) is 3.48. The molecule has 1 fully saturated rings. The maximum atomic E-state index is 5.61. The molecule has 1 saturated heterocycles. The highest BCUT2D eigenvalue weighted by Crippen LogP contribution is 1.95. The van der Waals surface area contributed by atoms with Gasteiger partial charge < -0.3 is 16.0 Å². The van der Waals surface area contributed by atoms with Crippen LogP contribution in [0.3, 0.4) is 0 Å². The van der Waals surface area contributed by atoms with Crippen LogP contribution in [0, 0.1) is 0 Å². The van der Waals surface area contributed by atoms with E-state index >= 15 is 0 Å². The Hall–Kier alpha value is -0.160. The summed E-state index contributed by atoms with van der Waals surface area (Å²) in [6.07, 6.45) is 1.25. The standard InChI is InChI=1S/C11H26N4/c1-2-6-14-8-4-13-5-9-15(7-3-12)11-10-14/h13H,2-12H2,1H3. The summed E-state index contributed by atoms with van der Waals surface area (Å²) < 4.78 is 0. The van der Waals surface area contributed by atoms with Crippen LogP contribution in [-0.2, 0) is 0 Å². The maximum absolute atomic E-state index is 5.61. The summed E-state index contributed by atoms with van der Waals surface area (Å²) in [5.41, 5.74) is 5.61. The summed E-state index contributed by atoms with van der Waals surface area (Å²) in [6, 6.07) is 0. The number of nitrogens with zero attached hydrogens (tertiary/aromatic N) is 2. The molecule has 0 saturated carbocycles. The van der Waals surface area contributed by atoms with E-state index in [1.807, 2.05) is 0 Å². The van der Waals surface area contributed by atoms with Crippen molar-refractivity contribution in [3.05, 3.63) is 0 Å². The van der Waals surface area contributed by atoms with Gasteiger partial charge in [0.25, 0.3) is 0 Å². The molecule has 4 nitrogen and oxygen atoms in total. The second-order valence-electron chi connectivity index (χ2n) is 4.22. The van der Waals surface area contributed by atoms with Gasteiger partial charge in [0, 0.05) is 52.4 Å². The second kappa shape index (κ2) is 8.05. The van der Waals surface area contributed by atoms with Crippen molar-refractivity contribution < 1.29 is 0 Å². The van der Waals surface area contributed by atoms with E-state index < -0.39 is 0 Å². The lowest BCUT2D eigenvalue weighted by molar-refractivity contribution is 0.223. The van der Waals surface area contributed by atoms with Crippen molar-refractivity contribution in [2.75, 3.05) is 58.9 Å². The largest absolute Gasteiger partial charge is 0.329 e. The Morgan fingerprint density at radius 3 is 2.13 bits per heavy atom. The van der Waals surface area contributed by atoms with E-state index in [-0.39, 0.29) is 0 Å². The second-order valence-corrected chi connectivity index (χ2v) is 4.22. The van der Waals surface area contributed by atoms with Crippen LogP contribution < -0.4 is 11.1 Å². The molecular formula is C11H26N4. The number of hydrogen-bond donors (Lipinski definition) is 2. The van der Waals surface area contributed by atoms with Crippen LogP contribution >= 0.6 is 0 Å². The van der Waals surface area contributed by atoms with Gasteiger partial charge >= 0.3 is 0 Å². The molecule has 0 spiro atoms. The van der Waals surface area contributed by atoms with Gasteiger partial charge in [-0.15, -0.1) is 0 Å². The van der Waals surface area contributed by atoms with Crippen molar-refractivity contribution >= 4 is 0 Å². The molecule has 1 heterocycles. The zero-order chi connectivity index (χ0) is 10.9. The van der Waals surface area contributed by atoms with Crippen molar-refractivity contribution in [2.45, 2.75) is 13.3 Å². The van der Waals surface area contributed by atoms with E-state index in [0.29, 0.717) is 0 Å². The van der Waals surface area contributed by atoms with E-state index in [1.54, 1.807) is 0 Å². The summed E-state index contributed by atoms with van der Waals surface area (Å²) in [5.74, 6) is 0. The molecular weight excluding hydrogens is 188 g/mol. The molecule has 1 aliphatic rings. The molecule has 0 unspecified atom stereocenters. The lowest BCUT2D eigenvalue weighted by Gasteiger charge is -2.24. The van der Waals surface area contributed by atoms with E-state index in [2.05, 4.69) is 22.0 Å². The Bertz CT molecular complexity index is 136. The lowest BCUT2D eigenvalue weighted by Crippen LogP contribution is -2.38. The molecule has 0 amide bonds. The molecule has 1 rings (SSSR count). The van der Waals surface area contributed by atoms with Gasteiger partial charge in [0.15, 0.2) is 0 Å². The molecule has 0 radical (unpaired) electrons.